The van der Waals surface area contributed by atoms with Gasteiger partial charge in [0.25, 0.3) is 0 Å². The van der Waals surface area contributed by atoms with E-state index >= 15 is 0 Å². The quantitative estimate of drug-likeness (QED) is 0.570. The Hall–Kier alpha value is -1.43. The number of carbonyl (C=O) groups is 1. The van der Waals surface area contributed by atoms with Crippen LogP contribution in [0.25, 0.3) is 0 Å². The molecular weight excluding hydrogens is 170 g/mol. The van der Waals surface area contributed by atoms with Gasteiger partial charge in [-0.05, 0) is 14.0 Å². The van der Waals surface area contributed by atoms with E-state index in [1.807, 2.05) is 6.92 Å². The highest BCUT2D eigenvalue weighted by Gasteiger charge is 2.10. The monoisotopic (exact) mass is 183 g/mol. The van der Waals surface area contributed by atoms with Gasteiger partial charge in [-0.3, -0.25) is 9.89 Å². The Balaban J connectivity index is 2.42. The third-order valence-corrected chi connectivity index (χ3v) is 1.56. The number of aromatic nitrogens is 3. The summed E-state index contributed by atoms with van der Waals surface area (Å²) >= 11 is 0. The maximum Gasteiger partial charge on any atom is 0.234 e. The first kappa shape index (κ1) is 9.66. The number of hydrogen-bond acceptors (Lipinski definition) is 4. The molecule has 0 aliphatic carbocycles. The number of aromatic amines is 1. The first-order chi connectivity index (χ1) is 6.24. The Morgan fingerprint density at radius 1 is 1.77 bits per heavy atom. The van der Waals surface area contributed by atoms with E-state index in [0.29, 0.717) is 12.4 Å². The molecule has 0 aliphatic rings. The van der Waals surface area contributed by atoms with Crippen molar-refractivity contribution in [3.05, 3.63) is 12.2 Å². The Morgan fingerprint density at radius 3 is 3.08 bits per heavy atom. The van der Waals surface area contributed by atoms with Crippen LogP contribution >= 0.6 is 0 Å². The van der Waals surface area contributed by atoms with Crippen LogP contribution in [-0.2, 0) is 4.79 Å². The lowest BCUT2D eigenvalue weighted by Gasteiger charge is -2.10. The summed E-state index contributed by atoms with van der Waals surface area (Å²) in [4.78, 5) is 15.0. The highest BCUT2D eigenvalue weighted by Crippen LogP contribution is 2.02. The van der Waals surface area contributed by atoms with Gasteiger partial charge in [0.2, 0.25) is 5.91 Å². The highest BCUT2D eigenvalue weighted by atomic mass is 16.1. The van der Waals surface area contributed by atoms with Crippen LogP contribution in [0, 0.1) is 0 Å². The van der Waals surface area contributed by atoms with Gasteiger partial charge in [0.05, 0.1) is 12.6 Å². The van der Waals surface area contributed by atoms with E-state index < -0.39 is 0 Å². The number of carbonyl (C=O) groups excluding carboxylic acids is 1. The van der Waals surface area contributed by atoms with Gasteiger partial charge in [-0.15, -0.1) is 0 Å². The molecule has 0 spiro atoms. The maximum absolute atomic E-state index is 11.1. The lowest BCUT2D eigenvalue weighted by Crippen LogP contribution is -2.34. The first-order valence-electron chi connectivity index (χ1n) is 4.03. The molecule has 6 nitrogen and oxygen atoms in total. The van der Waals surface area contributed by atoms with E-state index in [4.69, 9.17) is 0 Å². The van der Waals surface area contributed by atoms with Crippen LogP contribution in [0.3, 0.4) is 0 Å². The van der Waals surface area contributed by atoms with Crippen molar-refractivity contribution in [2.24, 2.45) is 0 Å². The van der Waals surface area contributed by atoms with Gasteiger partial charge < -0.3 is 10.6 Å². The SMILES string of the molecule is CNCC(=O)NC(C)c1ncn[nH]1. The van der Waals surface area contributed by atoms with E-state index in [2.05, 4.69) is 25.8 Å². The van der Waals surface area contributed by atoms with Crippen molar-refractivity contribution in [3.63, 3.8) is 0 Å². The zero-order valence-electron chi connectivity index (χ0n) is 7.66. The Labute approximate surface area is 76.1 Å². The molecule has 0 saturated heterocycles. The van der Waals surface area contributed by atoms with Crippen molar-refractivity contribution in [3.8, 4) is 0 Å². The van der Waals surface area contributed by atoms with Crippen LogP contribution in [0.1, 0.15) is 18.8 Å². The average molecular weight is 183 g/mol. The largest absolute Gasteiger partial charge is 0.345 e. The molecule has 6 heteroatoms. The zero-order valence-corrected chi connectivity index (χ0v) is 7.66. The topological polar surface area (TPSA) is 82.7 Å². The maximum atomic E-state index is 11.1. The molecule has 0 saturated carbocycles. The number of H-pyrrole nitrogens is 1. The lowest BCUT2D eigenvalue weighted by molar-refractivity contribution is -0.120. The standard InChI is InChI=1S/C7H13N5O/c1-5(7-9-4-10-12-7)11-6(13)3-8-2/h4-5,8H,3H2,1-2H3,(H,11,13)(H,9,10,12). The summed E-state index contributed by atoms with van der Waals surface area (Å²) in [5.41, 5.74) is 0. The van der Waals surface area contributed by atoms with Crippen LogP contribution in [0.15, 0.2) is 6.33 Å². The fraction of sp³-hybridized carbons (Fsp3) is 0.571. The molecule has 1 aromatic rings. The molecule has 72 valence electrons. The second-order valence-electron chi connectivity index (χ2n) is 2.69. The van der Waals surface area contributed by atoms with Crippen molar-refractivity contribution in [1.29, 1.82) is 0 Å². The first-order valence-corrected chi connectivity index (χ1v) is 4.03. The van der Waals surface area contributed by atoms with Crippen LogP contribution in [0.5, 0.6) is 0 Å². The summed E-state index contributed by atoms with van der Waals surface area (Å²) in [6, 6.07) is -0.136. The van der Waals surface area contributed by atoms with Crippen molar-refractivity contribution in [2.45, 2.75) is 13.0 Å². The highest BCUT2D eigenvalue weighted by molar-refractivity contribution is 5.78. The summed E-state index contributed by atoms with van der Waals surface area (Å²) in [6.45, 7) is 2.15. The second kappa shape index (κ2) is 4.56. The molecule has 1 amide bonds. The molecule has 0 aliphatic heterocycles. The minimum Gasteiger partial charge on any atom is -0.345 e. The number of rotatable bonds is 4. The van der Waals surface area contributed by atoms with Crippen molar-refractivity contribution in [2.75, 3.05) is 13.6 Å². The van der Waals surface area contributed by atoms with Gasteiger partial charge in [0, 0.05) is 0 Å². The van der Waals surface area contributed by atoms with E-state index in [0.717, 1.165) is 0 Å². The number of nitrogens with one attached hydrogen (secondary N) is 3. The molecular formula is C7H13N5O. The molecule has 1 aromatic heterocycles. The summed E-state index contributed by atoms with van der Waals surface area (Å²) in [7, 11) is 1.72. The predicted octanol–water partition coefficient (Wildman–Crippen LogP) is -0.799. The van der Waals surface area contributed by atoms with Crippen molar-refractivity contribution in [1.82, 2.24) is 25.8 Å². The van der Waals surface area contributed by atoms with Gasteiger partial charge in [-0.1, -0.05) is 0 Å². The predicted molar refractivity (Wildman–Crippen MR) is 46.9 cm³/mol. The molecule has 3 N–H and O–H groups in total. The Morgan fingerprint density at radius 2 is 2.54 bits per heavy atom. The van der Waals surface area contributed by atoms with Crippen molar-refractivity contribution >= 4 is 5.91 Å². The molecule has 1 heterocycles. The molecule has 1 unspecified atom stereocenters. The lowest BCUT2D eigenvalue weighted by atomic mass is 10.3. The summed E-state index contributed by atoms with van der Waals surface area (Å²) in [6.07, 6.45) is 1.41. The average Bonchev–Trinajstić information content (AvgIpc) is 2.55. The Kier molecular flexibility index (Phi) is 3.39. The Bertz CT molecular complexity index is 258. The molecule has 0 aromatic carbocycles. The van der Waals surface area contributed by atoms with Gasteiger partial charge >= 0.3 is 0 Å². The van der Waals surface area contributed by atoms with Crippen LogP contribution < -0.4 is 10.6 Å². The summed E-state index contributed by atoms with van der Waals surface area (Å²) in [5, 5.41) is 11.9. The number of likely N-dealkylation sites (N-methyl/N-ethyl adjacent to an activating group) is 1. The smallest absolute Gasteiger partial charge is 0.234 e. The van der Waals surface area contributed by atoms with E-state index in [1.54, 1.807) is 7.05 Å². The third-order valence-electron chi connectivity index (χ3n) is 1.56. The molecule has 0 radical (unpaired) electrons. The zero-order chi connectivity index (χ0) is 9.68. The number of amides is 1. The molecule has 1 atom stereocenters. The second-order valence-corrected chi connectivity index (χ2v) is 2.69. The molecule has 0 bridgehead atoms. The molecule has 1 rings (SSSR count). The van der Waals surface area contributed by atoms with E-state index in [1.165, 1.54) is 6.33 Å². The minimum atomic E-state index is -0.136. The fourth-order valence-corrected chi connectivity index (χ4v) is 0.945. The van der Waals surface area contributed by atoms with E-state index in [9.17, 15) is 4.79 Å². The summed E-state index contributed by atoms with van der Waals surface area (Å²) in [5.74, 6) is 0.593. The van der Waals surface area contributed by atoms with Crippen LogP contribution in [-0.4, -0.2) is 34.7 Å². The van der Waals surface area contributed by atoms with Gasteiger partial charge in [0.1, 0.15) is 12.2 Å². The molecule has 13 heavy (non-hydrogen) atoms. The van der Waals surface area contributed by atoms with Gasteiger partial charge in [-0.25, -0.2) is 4.98 Å². The third kappa shape index (κ3) is 2.83. The number of hydrogen-bond donors (Lipinski definition) is 3. The molecule has 0 fully saturated rings. The normalized spacial score (nSPS) is 12.5. The van der Waals surface area contributed by atoms with Gasteiger partial charge in [0.15, 0.2) is 0 Å². The van der Waals surface area contributed by atoms with Gasteiger partial charge in [-0.2, -0.15) is 5.10 Å². The minimum absolute atomic E-state index is 0.0635. The van der Waals surface area contributed by atoms with Crippen molar-refractivity contribution < 1.29 is 4.79 Å². The summed E-state index contributed by atoms with van der Waals surface area (Å²) < 4.78 is 0. The number of nitrogens with zero attached hydrogens (tertiary/aromatic N) is 2. The fourth-order valence-electron chi connectivity index (χ4n) is 0.945. The van der Waals surface area contributed by atoms with E-state index in [-0.39, 0.29) is 11.9 Å². The van der Waals surface area contributed by atoms with Crippen LogP contribution in [0.4, 0.5) is 0 Å². The van der Waals surface area contributed by atoms with Crippen LogP contribution in [0.2, 0.25) is 0 Å².